The predicted molar refractivity (Wildman–Crippen MR) is 124 cm³/mol. The highest BCUT2D eigenvalue weighted by atomic mass is 16.5. The molecule has 33 heavy (non-hydrogen) atoms. The number of carbonyl (C=O) groups is 2. The smallest absolute Gasteiger partial charge is 0.337 e. The fourth-order valence-corrected chi connectivity index (χ4v) is 3.54. The number of carbonyl (C=O) groups excluding carboxylic acids is 2. The third kappa shape index (κ3) is 4.38. The Bertz CT molecular complexity index is 1370. The molecule has 0 radical (unpaired) electrons. The first kappa shape index (κ1) is 21.9. The average molecular weight is 445 g/mol. The van der Waals surface area contributed by atoms with Crippen molar-refractivity contribution in [2.24, 2.45) is 0 Å². The van der Waals surface area contributed by atoms with E-state index in [1.54, 1.807) is 35.1 Å². The Labute approximate surface area is 189 Å². The summed E-state index contributed by atoms with van der Waals surface area (Å²) in [5.74, 6) is -0.870. The molecule has 9 heteroatoms. The summed E-state index contributed by atoms with van der Waals surface area (Å²) >= 11 is 0. The molecule has 0 bridgehead atoms. The fourth-order valence-electron chi connectivity index (χ4n) is 3.54. The number of anilines is 1. The van der Waals surface area contributed by atoms with Crippen LogP contribution in [0.3, 0.4) is 0 Å². The van der Waals surface area contributed by atoms with E-state index in [0.717, 1.165) is 10.4 Å². The van der Waals surface area contributed by atoms with E-state index >= 15 is 0 Å². The lowest BCUT2D eigenvalue weighted by molar-refractivity contribution is -0.117. The van der Waals surface area contributed by atoms with Gasteiger partial charge in [-0.3, -0.25) is 9.59 Å². The number of nitrogens with zero attached hydrogens (tertiary/aromatic N) is 4. The van der Waals surface area contributed by atoms with Gasteiger partial charge >= 0.3 is 5.97 Å². The third-order valence-corrected chi connectivity index (χ3v) is 5.14. The number of amides is 1. The molecule has 168 valence electrons. The second-order valence-corrected chi connectivity index (χ2v) is 7.77. The van der Waals surface area contributed by atoms with Crippen LogP contribution in [0, 0.1) is 0 Å². The second kappa shape index (κ2) is 9.07. The van der Waals surface area contributed by atoms with Gasteiger partial charge in [0.2, 0.25) is 5.91 Å². The van der Waals surface area contributed by atoms with Gasteiger partial charge in [-0.25, -0.2) is 14.2 Å². The molecule has 0 aliphatic rings. The van der Waals surface area contributed by atoms with E-state index in [2.05, 4.69) is 20.3 Å². The summed E-state index contributed by atoms with van der Waals surface area (Å²) < 4.78 is 7.41. The monoisotopic (exact) mass is 445 g/mol. The molecule has 0 fully saturated rings. The highest BCUT2D eigenvalue weighted by Crippen LogP contribution is 2.23. The standard InChI is InChI=1S/C24H23N5O4/c1-15(2)21-19-13-25-29(18-7-5-4-6-8-18)22(19)23(31)28(27-21)14-20(30)26-17-11-9-16(10-12-17)24(32)33-3/h4-13,15H,14H2,1-3H3,(H,26,30). The van der Waals surface area contributed by atoms with Gasteiger partial charge in [0.05, 0.1) is 30.3 Å². The molecule has 0 saturated carbocycles. The topological polar surface area (TPSA) is 108 Å². The minimum atomic E-state index is -0.465. The molecule has 1 N–H and O–H groups in total. The molecule has 0 aliphatic heterocycles. The number of nitrogens with one attached hydrogen (secondary N) is 1. The molecule has 0 atom stereocenters. The van der Waals surface area contributed by atoms with Crippen molar-refractivity contribution in [2.75, 3.05) is 12.4 Å². The lowest BCUT2D eigenvalue weighted by Gasteiger charge is -2.12. The molecule has 0 unspecified atom stereocenters. The van der Waals surface area contributed by atoms with E-state index in [1.165, 1.54) is 7.11 Å². The zero-order valence-electron chi connectivity index (χ0n) is 18.5. The lowest BCUT2D eigenvalue weighted by atomic mass is 10.1. The molecule has 4 aromatic rings. The van der Waals surface area contributed by atoms with Crippen LogP contribution in [-0.4, -0.2) is 38.5 Å². The van der Waals surface area contributed by atoms with E-state index in [-0.39, 0.29) is 12.5 Å². The SMILES string of the molecule is COC(=O)c1ccc(NC(=O)Cn2nc(C(C)C)c3cnn(-c4ccccc4)c3c2=O)cc1. The van der Waals surface area contributed by atoms with E-state index in [9.17, 15) is 14.4 Å². The molecular formula is C24H23N5O4. The highest BCUT2D eigenvalue weighted by Gasteiger charge is 2.20. The molecule has 2 aromatic carbocycles. The number of fused-ring (bicyclic) bond motifs is 1. The van der Waals surface area contributed by atoms with Gasteiger partial charge < -0.3 is 10.1 Å². The fraction of sp³-hybridized carbons (Fsp3) is 0.208. The number of para-hydroxylation sites is 1. The number of methoxy groups -OCH3 is 1. The zero-order chi connectivity index (χ0) is 23.5. The Kier molecular flexibility index (Phi) is 6.03. The van der Waals surface area contributed by atoms with E-state index in [0.29, 0.717) is 27.8 Å². The predicted octanol–water partition coefficient (Wildman–Crippen LogP) is 3.13. The van der Waals surface area contributed by atoms with Crippen LogP contribution in [0.4, 0.5) is 5.69 Å². The van der Waals surface area contributed by atoms with Gasteiger partial charge in [0, 0.05) is 11.1 Å². The molecule has 2 heterocycles. The minimum absolute atomic E-state index is 0.0155. The first-order valence-corrected chi connectivity index (χ1v) is 10.4. The average Bonchev–Trinajstić information content (AvgIpc) is 3.26. The number of hydrogen-bond donors (Lipinski definition) is 1. The molecule has 4 rings (SSSR count). The van der Waals surface area contributed by atoms with Crippen LogP contribution in [-0.2, 0) is 16.1 Å². The lowest BCUT2D eigenvalue weighted by Crippen LogP contribution is -2.31. The van der Waals surface area contributed by atoms with Crippen LogP contribution in [0.15, 0.2) is 65.6 Å². The van der Waals surface area contributed by atoms with Gasteiger partial charge in [0.1, 0.15) is 12.1 Å². The van der Waals surface area contributed by atoms with Crippen molar-refractivity contribution in [3.63, 3.8) is 0 Å². The molecule has 2 aromatic heterocycles. The first-order valence-electron chi connectivity index (χ1n) is 10.4. The van der Waals surface area contributed by atoms with Crippen LogP contribution in [0.1, 0.15) is 35.8 Å². The van der Waals surface area contributed by atoms with E-state index in [1.807, 2.05) is 44.2 Å². The maximum Gasteiger partial charge on any atom is 0.337 e. The van der Waals surface area contributed by atoms with Crippen molar-refractivity contribution in [2.45, 2.75) is 26.3 Å². The van der Waals surface area contributed by atoms with Crippen LogP contribution >= 0.6 is 0 Å². The summed E-state index contributed by atoms with van der Waals surface area (Å²) in [6.07, 6.45) is 1.64. The van der Waals surface area contributed by atoms with Crippen LogP contribution in [0.2, 0.25) is 0 Å². The number of aromatic nitrogens is 4. The van der Waals surface area contributed by atoms with Gasteiger partial charge in [-0.15, -0.1) is 0 Å². The summed E-state index contributed by atoms with van der Waals surface area (Å²) in [5.41, 5.74) is 2.24. The third-order valence-electron chi connectivity index (χ3n) is 5.14. The van der Waals surface area contributed by atoms with Crippen molar-refractivity contribution in [3.8, 4) is 5.69 Å². The maximum absolute atomic E-state index is 13.3. The zero-order valence-corrected chi connectivity index (χ0v) is 18.5. The van der Waals surface area contributed by atoms with Gasteiger partial charge in [0.25, 0.3) is 5.56 Å². The Balaban J connectivity index is 1.67. The van der Waals surface area contributed by atoms with Gasteiger partial charge in [-0.1, -0.05) is 32.0 Å². The number of ether oxygens (including phenoxy) is 1. The Morgan fingerprint density at radius 1 is 1.06 bits per heavy atom. The number of rotatable bonds is 6. The Hall–Kier alpha value is -4.27. The second-order valence-electron chi connectivity index (χ2n) is 7.77. The van der Waals surface area contributed by atoms with Crippen molar-refractivity contribution in [3.05, 3.63) is 82.4 Å². The van der Waals surface area contributed by atoms with Crippen LogP contribution < -0.4 is 10.9 Å². The summed E-state index contributed by atoms with van der Waals surface area (Å²) in [4.78, 5) is 37.6. The Morgan fingerprint density at radius 3 is 2.39 bits per heavy atom. The van der Waals surface area contributed by atoms with Crippen molar-refractivity contribution < 1.29 is 14.3 Å². The van der Waals surface area contributed by atoms with Crippen molar-refractivity contribution in [1.29, 1.82) is 0 Å². The van der Waals surface area contributed by atoms with Crippen molar-refractivity contribution >= 4 is 28.5 Å². The summed E-state index contributed by atoms with van der Waals surface area (Å²) in [6, 6.07) is 15.6. The van der Waals surface area contributed by atoms with E-state index < -0.39 is 17.4 Å². The van der Waals surface area contributed by atoms with Gasteiger partial charge in [-0.2, -0.15) is 10.2 Å². The van der Waals surface area contributed by atoms with Crippen molar-refractivity contribution in [1.82, 2.24) is 19.6 Å². The van der Waals surface area contributed by atoms with Crippen LogP contribution in [0.25, 0.3) is 16.6 Å². The normalized spacial score (nSPS) is 11.0. The number of esters is 1. The summed E-state index contributed by atoms with van der Waals surface area (Å²) in [6.45, 7) is 3.67. The Morgan fingerprint density at radius 2 is 1.76 bits per heavy atom. The highest BCUT2D eigenvalue weighted by molar-refractivity contribution is 5.93. The number of benzene rings is 2. The van der Waals surface area contributed by atoms with Crippen LogP contribution in [0.5, 0.6) is 0 Å². The summed E-state index contributed by atoms with van der Waals surface area (Å²) in [7, 11) is 1.30. The minimum Gasteiger partial charge on any atom is -0.465 e. The molecule has 0 saturated heterocycles. The molecule has 0 aliphatic carbocycles. The first-order chi connectivity index (χ1) is 15.9. The largest absolute Gasteiger partial charge is 0.465 e. The van der Waals surface area contributed by atoms with Gasteiger partial charge in [-0.05, 0) is 42.3 Å². The summed E-state index contributed by atoms with van der Waals surface area (Å²) in [5, 5.41) is 12.3. The van der Waals surface area contributed by atoms with E-state index in [4.69, 9.17) is 0 Å². The molecular weight excluding hydrogens is 422 g/mol. The van der Waals surface area contributed by atoms with Gasteiger partial charge in [0.15, 0.2) is 0 Å². The quantitative estimate of drug-likeness (QED) is 0.457. The molecule has 1 amide bonds. The molecule has 0 spiro atoms. The number of hydrogen-bond acceptors (Lipinski definition) is 6. The maximum atomic E-state index is 13.3. The molecule has 9 nitrogen and oxygen atoms in total.